The van der Waals surface area contributed by atoms with Crippen molar-refractivity contribution in [1.82, 2.24) is 4.72 Å². The molecule has 80 valence electrons. The summed E-state index contributed by atoms with van der Waals surface area (Å²) in [6, 6.07) is 1.55. The maximum Gasteiger partial charge on any atom is 0.228 e. The number of aliphatic hydroxyl groups excluding tert-OH is 1. The lowest BCUT2D eigenvalue weighted by Gasteiger charge is -2.32. The van der Waals surface area contributed by atoms with E-state index in [-0.39, 0.29) is 12.5 Å². The predicted octanol–water partition coefficient (Wildman–Crippen LogP) is -0.269. The molecule has 1 atom stereocenters. The second-order valence-corrected chi connectivity index (χ2v) is 5.41. The first kappa shape index (κ1) is 11.4. The summed E-state index contributed by atoms with van der Waals surface area (Å²) in [7, 11) is -3.53. The molecular formula is C8H14N2O3S. The summed E-state index contributed by atoms with van der Waals surface area (Å²) in [6.45, 7) is 1.66. The molecule has 1 aliphatic carbocycles. The van der Waals surface area contributed by atoms with Crippen LogP contribution in [0.3, 0.4) is 0 Å². The Morgan fingerprint density at radius 2 is 2.21 bits per heavy atom. The molecule has 0 spiro atoms. The number of nitrogens with zero attached hydrogens (tertiary/aromatic N) is 1. The van der Waals surface area contributed by atoms with Gasteiger partial charge in [0.05, 0.1) is 12.2 Å². The van der Waals surface area contributed by atoms with Crippen molar-refractivity contribution in [1.29, 1.82) is 5.26 Å². The smallest absolute Gasteiger partial charge is 0.228 e. The van der Waals surface area contributed by atoms with Gasteiger partial charge in [0.25, 0.3) is 0 Å². The van der Waals surface area contributed by atoms with Gasteiger partial charge in [-0.25, -0.2) is 13.1 Å². The number of hydrogen-bond acceptors (Lipinski definition) is 4. The average Bonchev–Trinajstić information content (AvgIpc) is 2.02. The van der Waals surface area contributed by atoms with Gasteiger partial charge >= 0.3 is 0 Å². The number of aliphatic hydroxyl groups is 1. The van der Waals surface area contributed by atoms with Crippen LogP contribution in [0.1, 0.15) is 26.2 Å². The molecular weight excluding hydrogens is 204 g/mol. The Balaban J connectivity index is 2.54. The monoisotopic (exact) mass is 218 g/mol. The Morgan fingerprint density at radius 3 is 2.57 bits per heavy atom. The summed E-state index contributed by atoms with van der Waals surface area (Å²) < 4.78 is 25.4. The van der Waals surface area contributed by atoms with E-state index < -0.39 is 21.4 Å². The molecule has 6 heteroatoms. The number of sulfonamides is 1. The summed E-state index contributed by atoms with van der Waals surface area (Å²) in [5, 5.41) is 16.6. The minimum absolute atomic E-state index is 0.197. The van der Waals surface area contributed by atoms with Crippen LogP contribution in [0.5, 0.6) is 0 Å². The molecule has 5 nitrogen and oxygen atoms in total. The highest BCUT2D eigenvalue weighted by atomic mass is 32.2. The minimum Gasteiger partial charge on any atom is -0.393 e. The second kappa shape index (κ2) is 4.26. The second-order valence-electron chi connectivity index (χ2n) is 3.51. The normalized spacial score (nSPS) is 28.9. The number of hydrogen-bond donors (Lipinski definition) is 2. The van der Waals surface area contributed by atoms with E-state index >= 15 is 0 Å². The molecule has 1 saturated carbocycles. The van der Waals surface area contributed by atoms with E-state index in [1.807, 2.05) is 0 Å². The molecule has 0 aromatic carbocycles. The largest absolute Gasteiger partial charge is 0.393 e. The van der Waals surface area contributed by atoms with Gasteiger partial charge in [-0.05, 0) is 19.3 Å². The van der Waals surface area contributed by atoms with Crippen LogP contribution in [0.2, 0.25) is 0 Å². The maximum absolute atomic E-state index is 11.5. The number of nitrogens with one attached hydrogen (secondary N) is 1. The molecule has 14 heavy (non-hydrogen) atoms. The fourth-order valence-electron chi connectivity index (χ4n) is 1.38. The quantitative estimate of drug-likeness (QED) is 0.679. The molecule has 1 fully saturated rings. The molecule has 1 rings (SSSR count). The Morgan fingerprint density at radius 1 is 1.64 bits per heavy atom. The average molecular weight is 218 g/mol. The van der Waals surface area contributed by atoms with Crippen LogP contribution < -0.4 is 4.72 Å². The summed E-state index contributed by atoms with van der Waals surface area (Å²) in [6.07, 6.45) is 0.772. The van der Waals surface area contributed by atoms with Crippen LogP contribution in [0.4, 0.5) is 0 Å². The van der Waals surface area contributed by atoms with Gasteiger partial charge < -0.3 is 5.11 Å². The van der Waals surface area contributed by atoms with E-state index in [0.717, 1.165) is 0 Å². The summed E-state index contributed by atoms with van der Waals surface area (Å²) in [5.74, 6) is 0. The number of rotatable bonds is 4. The molecule has 0 heterocycles. The molecule has 1 unspecified atom stereocenters. The van der Waals surface area contributed by atoms with Crippen LogP contribution in [-0.4, -0.2) is 30.9 Å². The highest BCUT2D eigenvalue weighted by Gasteiger charge is 2.33. The van der Waals surface area contributed by atoms with Gasteiger partial charge in [-0.15, -0.1) is 0 Å². The SMILES string of the molecule is CCC(C#N)S(=O)(=O)NC1CC(O)C1. The van der Waals surface area contributed by atoms with Gasteiger partial charge in [0.2, 0.25) is 10.0 Å². The highest BCUT2D eigenvalue weighted by Crippen LogP contribution is 2.21. The fourth-order valence-corrected chi connectivity index (χ4v) is 2.78. The molecule has 0 bridgehead atoms. The van der Waals surface area contributed by atoms with Gasteiger partial charge in [0.15, 0.2) is 5.25 Å². The molecule has 2 N–H and O–H groups in total. The first-order chi connectivity index (χ1) is 6.49. The van der Waals surface area contributed by atoms with Crippen LogP contribution in [0.15, 0.2) is 0 Å². The zero-order valence-corrected chi connectivity index (χ0v) is 8.79. The first-order valence-electron chi connectivity index (χ1n) is 4.58. The van der Waals surface area contributed by atoms with Gasteiger partial charge in [0.1, 0.15) is 0 Å². The predicted molar refractivity (Wildman–Crippen MR) is 50.8 cm³/mol. The van der Waals surface area contributed by atoms with Crippen molar-refractivity contribution in [3.8, 4) is 6.07 Å². The van der Waals surface area contributed by atoms with E-state index in [2.05, 4.69) is 4.72 Å². The topological polar surface area (TPSA) is 90.2 Å². The molecule has 0 aliphatic heterocycles. The maximum atomic E-state index is 11.5. The molecule has 0 saturated heterocycles. The Hall–Kier alpha value is -0.640. The van der Waals surface area contributed by atoms with E-state index in [9.17, 15) is 8.42 Å². The van der Waals surface area contributed by atoms with Gasteiger partial charge in [-0.3, -0.25) is 0 Å². The van der Waals surface area contributed by atoms with Crippen molar-refractivity contribution >= 4 is 10.0 Å². The van der Waals surface area contributed by atoms with Crippen molar-refractivity contribution in [2.45, 2.75) is 43.6 Å². The van der Waals surface area contributed by atoms with E-state index in [1.54, 1.807) is 13.0 Å². The lowest BCUT2D eigenvalue weighted by Crippen LogP contribution is -2.49. The highest BCUT2D eigenvalue weighted by molar-refractivity contribution is 7.90. The molecule has 0 aromatic rings. The van der Waals surface area contributed by atoms with Gasteiger partial charge in [-0.1, -0.05) is 6.92 Å². The third-order valence-corrected chi connectivity index (χ3v) is 4.18. The third-order valence-electron chi connectivity index (χ3n) is 2.33. The number of nitriles is 1. The fraction of sp³-hybridized carbons (Fsp3) is 0.875. The van der Waals surface area contributed by atoms with E-state index in [0.29, 0.717) is 12.8 Å². The van der Waals surface area contributed by atoms with Crippen LogP contribution in [0.25, 0.3) is 0 Å². The molecule has 0 amide bonds. The summed E-state index contributed by atoms with van der Waals surface area (Å²) in [5.41, 5.74) is 0. The van der Waals surface area contributed by atoms with Crippen molar-refractivity contribution in [2.75, 3.05) is 0 Å². The molecule has 0 aromatic heterocycles. The van der Waals surface area contributed by atoms with Gasteiger partial charge in [-0.2, -0.15) is 5.26 Å². The van der Waals surface area contributed by atoms with Crippen LogP contribution in [0, 0.1) is 11.3 Å². The molecule has 1 aliphatic rings. The van der Waals surface area contributed by atoms with Crippen LogP contribution >= 0.6 is 0 Å². The Labute approximate surface area is 83.8 Å². The zero-order valence-electron chi connectivity index (χ0n) is 7.97. The standard InChI is InChI=1S/C8H14N2O3S/c1-2-8(5-9)14(12,13)10-6-3-7(11)4-6/h6-8,10-11H,2-4H2,1H3. The third kappa shape index (κ3) is 2.44. The minimum atomic E-state index is -3.53. The van der Waals surface area contributed by atoms with Crippen molar-refractivity contribution in [3.63, 3.8) is 0 Å². The van der Waals surface area contributed by atoms with Crippen LogP contribution in [-0.2, 0) is 10.0 Å². The zero-order chi connectivity index (χ0) is 10.8. The lowest BCUT2D eigenvalue weighted by molar-refractivity contribution is 0.0711. The summed E-state index contributed by atoms with van der Waals surface area (Å²) >= 11 is 0. The Bertz CT molecular complexity index is 327. The van der Waals surface area contributed by atoms with E-state index in [4.69, 9.17) is 10.4 Å². The lowest BCUT2D eigenvalue weighted by atomic mass is 9.91. The molecule has 0 radical (unpaired) electrons. The van der Waals surface area contributed by atoms with E-state index in [1.165, 1.54) is 0 Å². The Kier molecular flexibility index (Phi) is 3.48. The van der Waals surface area contributed by atoms with Crippen molar-refractivity contribution < 1.29 is 13.5 Å². The van der Waals surface area contributed by atoms with Gasteiger partial charge in [0, 0.05) is 6.04 Å². The van der Waals surface area contributed by atoms with Crippen molar-refractivity contribution in [2.24, 2.45) is 0 Å². The summed E-state index contributed by atoms with van der Waals surface area (Å²) in [4.78, 5) is 0. The van der Waals surface area contributed by atoms with Crippen molar-refractivity contribution in [3.05, 3.63) is 0 Å². The first-order valence-corrected chi connectivity index (χ1v) is 6.13.